The highest BCUT2D eigenvalue weighted by Crippen LogP contribution is 2.26. The fourth-order valence-electron chi connectivity index (χ4n) is 1.93. The molecular weight excluding hydrogens is 263 g/mol. The van der Waals surface area contributed by atoms with Gasteiger partial charge >= 0.3 is 12.1 Å². The number of alkyl halides is 3. The lowest BCUT2D eigenvalue weighted by molar-refractivity contribution is -0.153. The largest absolute Gasteiger partial charge is 0.467 e. The summed E-state index contributed by atoms with van der Waals surface area (Å²) in [6.45, 7) is 1.09. The van der Waals surface area contributed by atoms with Crippen LogP contribution in [-0.2, 0) is 14.3 Å². The zero-order valence-corrected chi connectivity index (χ0v) is 10.8. The average Bonchev–Trinajstić information content (AvgIpc) is 2.36. The Morgan fingerprint density at radius 2 is 1.95 bits per heavy atom. The SMILES string of the molecule is COC(=O)C1CCCCN1C(=O)/C=C(\C)C(F)(F)F. The first-order chi connectivity index (χ1) is 8.77. The number of hydrogen-bond donors (Lipinski definition) is 0. The van der Waals surface area contributed by atoms with Crippen LogP contribution in [0.1, 0.15) is 26.2 Å². The van der Waals surface area contributed by atoms with E-state index in [4.69, 9.17) is 0 Å². The van der Waals surface area contributed by atoms with E-state index in [2.05, 4.69) is 4.74 Å². The van der Waals surface area contributed by atoms with Gasteiger partial charge in [0.25, 0.3) is 0 Å². The Balaban J connectivity index is 2.87. The Kier molecular flexibility index (Phi) is 4.97. The second-order valence-electron chi connectivity index (χ2n) is 4.39. The van der Waals surface area contributed by atoms with Crippen molar-refractivity contribution in [3.05, 3.63) is 11.6 Å². The van der Waals surface area contributed by atoms with Crippen molar-refractivity contribution in [3.63, 3.8) is 0 Å². The van der Waals surface area contributed by atoms with Gasteiger partial charge in [-0.15, -0.1) is 0 Å². The van der Waals surface area contributed by atoms with Crippen LogP contribution in [-0.4, -0.2) is 42.6 Å². The van der Waals surface area contributed by atoms with Crippen LogP contribution in [0.25, 0.3) is 0 Å². The van der Waals surface area contributed by atoms with E-state index in [1.807, 2.05) is 0 Å². The molecule has 0 aliphatic carbocycles. The van der Waals surface area contributed by atoms with Gasteiger partial charge in [-0.25, -0.2) is 4.79 Å². The van der Waals surface area contributed by atoms with Crippen LogP contribution in [0.3, 0.4) is 0 Å². The monoisotopic (exact) mass is 279 g/mol. The Morgan fingerprint density at radius 1 is 1.32 bits per heavy atom. The second-order valence-corrected chi connectivity index (χ2v) is 4.39. The maximum Gasteiger partial charge on any atom is 0.412 e. The predicted octanol–water partition coefficient (Wildman–Crippen LogP) is 2.05. The normalized spacial score (nSPS) is 21.2. The number of piperidine rings is 1. The maximum atomic E-state index is 12.4. The molecule has 1 unspecified atom stereocenters. The number of amides is 1. The molecule has 0 bridgehead atoms. The summed E-state index contributed by atoms with van der Waals surface area (Å²) in [7, 11) is 1.19. The zero-order valence-electron chi connectivity index (χ0n) is 10.8. The molecule has 1 amide bonds. The van der Waals surface area contributed by atoms with Gasteiger partial charge in [-0.2, -0.15) is 13.2 Å². The highest BCUT2D eigenvalue weighted by molar-refractivity contribution is 5.92. The molecule has 7 heteroatoms. The van der Waals surface area contributed by atoms with Gasteiger partial charge in [-0.05, 0) is 26.2 Å². The Bertz CT molecular complexity index is 390. The van der Waals surface area contributed by atoms with E-state index in [1.54, 1.807) is 0 Å². The summed E-state index contributed by atoms with van der Waals surface area (Å²) in [4.78, 5) is 24.5. The number of halogens is 3. The van der Waals surface area contributed by atoms with E-state index in [0.29, 0.717) is 18.9 Å². The summed E-state index contributed by atoms with van der Waals surface area (Å²) in [6, 6.07) is -0.788. The van der Waals surface area contributed by atoms with Gasteiger partial charge in [0.15, 0.2) is 0 Å². The molecule has 0 aromatic heterocycles. The molecule has 1 aliphatic heterocycles. The van der Waals surface area contributed by atoms with Crippen LogP contribution >= 0.6 is 0 Å². The van der Waals surface area contributed by atoms with Crippen molar-refractivity contribution in [3.8, 4) is 0 Å². The highest BCUT2D eigenvalue weighted by atomic mass is 19.4. The Labute approximate surface area is 109 Å². The number of rotatable bonds is 2. The molecule has 108 valence electrons. The molecule has 1 rings (SSSR count). The van der Waals surface area contributed by atoms with Crippen LogP contribution < -0.4 is 0 Å². The number of methoxy groups -OCH3 is 1. The standard InChI is InChI=1S/C12H16F3NO3/c1-8(12(13,14)15)7-10(17)16-6-4-3-5-9(16)11(18)19-2/h7,9H,3-6H2,1-2H3/b8-7+. The third-order valence-corrected chi connectivity index (χ3v) is 3.05. The number of allylic oxidation sites excluding steroid dienone is 1. The zero-order chi connectivity index (χ0) is 14.6. The number of carbonyl (C=O) groups is 2. The lowest BCUT2D eigenvalue weighted by atomic mass is 10.0. The van der Waals surface area contributed by atoms with Crippen LogP contribution in [0.15, 0.2) is 11.6 Å². The molecule has 0 N–H and O–H groups in total. The van der Waals surface area contributed by atoms with Crippen molar-refractivity contribution in [2.45, 2.75) is 38.4 Å². The van der Waals surface area contributed by atoms with Crippen molar-refractivity contribution < 1.29 is 27.5 Å². The number of esters is 1. The smallest absolute Gasteiger partial charge is 0.412 e. The third-order valence-electron chi connectivity index (χ3n) is 3.05. The Hall–Kier alpha value is -1.53. The quantitative estimate of drug-likeness (QED) is 0.574. The second kappa shape index (κ2) is 6.08. The molecule has 0 radical (unpaired) electrons. The van der Waals surface area contributed by atoms with Crippen LogP contribution in [0.5, 0.6) is 0 Å². The van der Waals surface area contributed by atoms with Crippen LogP contribution in [0.4, 0.5) is 13.2 Å². The van der Waals surface area contributed by atoms with Gasteiger partial charge in [0.2, 0.25) is 5.91 Å². The van der Waals surface area contributed by atoms with E-state index >= 15 is 0 Å². The average molecular weight is 279 g/mol. The van der Waals surface area contributed by atoms with E-state index in [1.165, 1.54) is 7.11 Å². The summed E-state index contributed by atoms with van der Waals surface area (Å²) < 4.78 is 41.7. The first-order valence-electron chi connectivity index (χ1n) is 5.91. The number of likely N-dealkylation sites (tertiary alicyclic amines) is 1. The number of carbonyl (C=O) groups excluding carboxylic acids is 2. The summed E-state index contributed by atoms with van der Waals surface area (Å²) >= 11 is 0. The van der Waals surface area contributed by atoms with E-state index in [0.717, 1.165) is 18.2 Å². The summed E-state index contributed by atoms with van der Waals surface area (Å²) in [5, 5.41) is 0. The molecule has 1 saturated heterocycles. The van der Waals surface area contributed by atoms with Gasteiger partial charge in [-0.1, -0.05) is 0 Å². The lowest BCUT2D eigenvalue weighted by Gasteiger charge is -2.33. The Morgan fingerprint density at radius 3 is 2.47 bits per heavy atom. The molecular formula is C12H16F3NO3. The van der Waals surface area contributed by atoms with E-state index < -0.39 is 29.7 Å². The topological polar surface area (TPSA) is 46.6 Å². The summed E-state index contributed by atoms with van der Waals surface area (Å²) in [6.07, 6.45) is -2.19. The molecule has 1 heterocycles. The number of nitrogens with zero attached hydrogens (tertiary/aromatic N) is 1. The molecule has 1 fully saturated rings. The van der Waals surface area contributed by atoms with Gasteiger partial charge < -0.3 is 9.64 Å². The van der Waals surface area contributed by atoms with E-state index in [9.17, 15) is 22.8 Å². The number of hydrogen-bond acceptors (Lipinski definition) is 3. The van der Waals surface area contributed by atoms with Crippen molar-refractivity contribution in [1.82, 2.24) is 4.90 Å². The third kappa shape index (κ3) is 3.97. The van der Waals surface area contributed by atoms with Crippen molar-refractivity contribution in [2.24, 2.45) is 0 Å². The lowest BCUT2D eigenvalue weighted by Crippen LogP contribution is -2.48. The maximum absolute atomic E-state index is 12.4. The van der Waals surface area contributed by atoms with Crippen molar-refractivity contribution in [2.75, 3.05) is 13.7 Å². The minimum Gasteiger partial charge on any atom is -0.467 e. The molecule has 0 spiro atoms. The summed E-state index contributed by atoms with van der Waals surface area (Å²) in [5.74, 6) is -1.39. The molecule has 19 heavy (non-hydrogen) atoms. The van der Waals surface area contributed by atoms with Crippen LogP contribution in [0.2, 0.25) is 0 Å². The van der Waals surface area contributed by atoms with E-state index in [-0.39, 0.29) is 6.54 Å². The number of ether oxygens (including phenoxy) is 1. The van der Waals surface area contributed by atoms with Gasteiger partial charge in [-0.3, -0.25) is 4.79 Å². The van der Waals surface area contributed by atoms with Gasteiger partial charge in [0.1, 0.15) is 6.04 Å². The molecule has 0 aromatic rings. The molecule has 1 aliphatic rings. The highest BCUT2D eigenvalue weighted by Gasteiger charge is 2.35. The fourth-order valence-corrected chi connectivity index (χ4v) is 1.93. The fraction of sp³-hybridized carbons (Fsp3) is 0.667. The van der Waals surface area contributed by atoms with Gasteiger partial charge in [0, 0.05) is 18.2 Å². The summed E-state index contributed by atoms with van der Waals surface area (Å²) in [5.41, 5.74) is -0.980. The minimum atomic E-state index is -4.54. The minimum absolute atomic E-state index is 0.264. The predicted molar refractivity (Wildman–Crippen MR) is 61.2 cm³/mol. The van der Waals surface area contributed by atoms with Crippen LogP contribution in [0, 0.1) is 0 Å². The molecule has 1 atom stereocenters. The first-order valence-corrected chi connectivity index (χ1v) is 5.91. The van der Waals surface area contributed by atoms with Crippen molar-refractivity contribution in [1.29, 1.82) is 0 Å². The van der Waals surface area contributed by atoms with Gasteiger partial charge in [0.05, 0.1) is 7.11 Å². The molecule has 4 nitrogen and oxygen atoms in total. The first kappa shape index (κ1) is 15.5. The molecule has 0 saturated carbocycles. The molecule has 0 aromatic carbocycles. The van der Waals surface area contributed by atoms with Crippen molar-refractivity contribution >= 4 is 11.9 Å².